The fourth-order valence-corrected chi connectivity index (χ4v) is 7.25. The number of nitrogens with one attached hydrogen (secondary N) is 1. The number of nitriles is 1. The number of benzene rings is 1. The van der Waals surface area contributed by atoms with Gasteiger partial charge < -0.3 is 39.2 Å². The zero-order valence-corrected chi connectivity index (χ0v) is 35.1. The number of aliphatic hydroxyl groups excluding tert-OH is 1. The van der Waals surface area contributed by atoms with Gasteiger partial charge in [0.15, 0.2) is 10.8 Å². The molecule has 0 saturated heterocycles. The van der Waals surface area contributed by atoms with Crippen molar-refractivity contribution >= 4 is 57.1 Å². The van der Waals surface area contributed by atoms with Gasteiger partial charge in [0.1, 0.15) is 11.8 Å². The molecule has 2 aliphatic rings. The van der Waals surface area contributed by atoms with Crippen molar-refractivity contribution in [2.75, 3.05) is 79.4 Å². The largest absolute Gasteiger partial charge is 0.415 e. The molecule has 2 heterocycles. The first-order chi connectivity index (χ1) is 28.0. The number of carbonyl (C=O) groups is 6. The lowest BCUT2D eigenvalue weighted by Crippen LogP contribution is -2.43. The molecule has 4 rings (SSSR count). The summed E-state index contributed by atoms with van der Waals surface area (Å²) in [5, 5.41) is 22.9. The topological polar surface area (TPSA) is 218 Å². The molecule has 1 aliphatic heterocycles. The molecule has 59 heavy (non-hydrogen) atoms. The van der Waals surface area contributed by atoms with Crippen LogP contribution in [0.2, 0.25) is 0 Å². The number of carbonyl (C=O) groups excluding carboxylic acids is 6. The third-order valence-corrected chi connectivity index (χ3v) is 10.9. The molecule has 5 amide bonds. The van der Waals surface area contributed by atoms with E-state index in [2.05, 4.69) is 10.3 Å². The van der Waals surface area contributed by atoms with Crippen molar-refractivity contribution in [3.05, 3.63) is 57.7 Å². The second kappa shape index (κ2) is 21.6. The number of fused-ring (bicyclic) bond motifs is 1. The van der Waals surface area contributed by atoms with Gasteiger partial charge in [-0.1, -0.05) is 13.8 Å². The average molecular weight is 837 g/mol. The van der Waals surface area contributed by atoms with E-state index in [1.54, 1.807) is 46.0 Å². The van der Waals surface area contributed by atoms with Crippen LogP contribution in [-0.2, 0) is 38.2 Å². The zero-order valence-electron chi connectivity index (χ0n) is 34.3. The number of imide groups is 1. The van der Waals surface area contributed by atoms with Gasteiger partial charge in [-0.25, -0.2) is 9.78 Å². The standard InChI is InChI=1S/C41H52N6O11S/c1-26-27(2)39(53)37(28(3)38(26)52)41(4,5)24-36(51)45(6)14-15-46(40(54)58-29-7-8-30-31(23-29)59-33(25-42)44-30)16-18-56-20-22-57-21-19-55-17-11-32(48)43-12-13-47-34(49)9-10-35(47)50/h7-10,23,38,52H,11-22,24H2,1-6H3,(H,43,48). The molecular formula is C41H52N6O11S. The molecule has 1 atom stereocenters. The van der Waals surface area contributed by atoms with E-state index in [-0.39, 0.29) is 114 Å². The minimum atomic E-state index is -0.889. The van der Waals surface area contributed by atoms with Crippen LogP contribution in [0.15, 0.2) is 52.6 Å². The quantitative estimate of drug-likeness (QED) is 0.129. The number of ketones is 1. The van der Waals surface area contributed by atoms with Crippen molar-refractivity contribution in [3.8, 4) is 11.8 Å². The molecule has 0 fully saturated rings. The van der Waals surface area contributed by atoms with Crippen LogP contribution < -0.4 is 10.1 Å². The highest BCUT2D eigenvalue weighted by molar-refractivity contribution is 7.19. The van der Waals surface area contributed by atoms with Crippen LogP contribution in [0.1, 0.15) is 52.5 Å². The third-order valence-electron chi connectivity index (χ3n) is 9.97. The van der Waals surface area contributed by atoms with E-state index in [9.17, 15) is 39.1 Å². The Balaban J connectivity index is 1.21. The summed E-state index contributed by atoms with van der Waals surface area (Å²) in [7, 11) is 1.62. The van der Waals surface area contributed by atoms with Crippen molar-refractivity contribution in [2.24, 2.45) is 5.41 Å². The molecule has 18 heteroatoms. The highest BCUT2D eigenvalue weighted by atomic mass is 32.1. The summed E-state index contributed by atoms with van der Waals surface area (Å²) in [6, 6.07) is 6.90. The molecule has 2 aromatic rings. The Kier molecular flexibility index (Phi) is 17.0. The number of allylic oxidation sites excluding steroid dienone is 2. The van der Waals surface area contributed by atoms with Crippen LogP contribution in [0.5, 0.6) is 5.75 Å². The van der Waals surface area contributed by atoms with Gasteiger partial charge in [-0.15, -0.1) is 11.3 Å². The first kappa shape index (κ1) is 46.4. The molecule has 0 spiro atoms. The monoisotopic (exact) mass is 836 g/mol. The first-order valence-electron chi connectivity index (χ1n) is 19.2. The van der Waals surface area contributed by atoms with Gasteiger partial charge in [-0.3, -0.25) is 28.9 Å². The van der Waals surface area contributed by atoms with E-state index < -0.39 is 29.4 Å². The van der Waals surface area contributed by atoms with Crippen molar-refractivity contribution < 1.29 is 52.8 Å². The van der Waals surface area contributed by atoms with Crippen LogP contribution in [0, 0.1) is 16.7 Å². The van der Waals surface area contributed by atoms with Gasteiger partial charge >= 0.3 is 6.09 Å². The fourth-order valence-electron chi connectivity index (χ4n) is 6.45. The van der Waals surface area contributed by atoms with Crippen molar-refractivity contribution in [2.45, 2.75) is 53.6 Å². The summed E-state index contributed by atoms with van der Waals surface area (Å²) in [5.41, 5.74) is 1.78. The lowest BCUT2D eigenvalue weighted by atomic mass is 9.70. The summed E-state index contributed by atoms with van der Waals surface area (Å²) < 4.78 is 23.1. The molecule has 2 N–H and O–H groups in total. The fraction of sp³-hybridized carbons (Fsp3) is 0.512. The van der Waals surface area contributed by atoms with Gasteiger partial charge in [0, 0.05) is 81.8 Å². The lowest BCUT2D eigenvalue weighted by molar-refractivity contribution is -0.137. The van der Waals surface area contributed by atoms with Crippen molar-refractivity contribution in [1.82, 2.24) is 25.0 Å². The summed E-state index contributed by atoms with van der Waals surface area (Å²) in [6.07, 6.45) is 0.920. The Labute approximate surface area is 347 Å². The Hall–Kier alpha value is -5.32. The SMILES string of the molecule is CC1=C(C)C(O)C(C)=C(C(C)(C)CC(=O)N(C)CCN(CCOCCOCCOCCC(=O)NCCN2C(=O)C=CC2=O)C(=O)Oc2ccc3nc(C#N)sc3c2)C1=O. The second-order valence-corrected chi connectivity index (χ2v) is 15.7. The van der Waals surface area contributed by atoms with E-state index >= 15 is 0 Å². The Morgan fingerprint density at radius 2 is 1.59 bits per heavy atom. The minimum absolute atomic E-state index is 0.000236. The maximum Gasteiger partial charge on any atom is 0.415 e. The van der Waals surface area contributed by atoms with Crippen molar-refractivity contribution in [1.29, 1.82) is 5.26 Å². The smallest absolute Gasteiger partial charge is 0.410 e. The molecule has 318 valence electrons. The number of hydrogen-bond donors (Lipinski definition) is 2. The van der Waals surface area contributed by atoms with E-state index in [1.807, 2.05) is 19.9 Å². The van der Waals surface area contributed by atoms with E-state index in [1.165, 1.54) is 33.3 Å². The number of ether oxygens (including phenoxy) is 4. The third kappa shape index (κ3) is 12.8. The van der Waals surface area contributed by atoms with Gasteiger partial charge in [-0.2, -0.15) is 5.26 Å². The molecule has 17 nitrogen and oxygen atoms in total. The van der Waals surface area contributed by atoms with E-state index in [0.717, 1.165) is 4.90 Å². The number of hydrogen-bond acceptors (Lipinski definition) is 14. The number of Topliss-reactive ketones (excluding diaryl/α,β-unsaturated/α-hetero) is 1. The molecule has 1 aromatic heterocycles. The maximum atomic E-state index is 13.5. The molecule has 1 aromatic carbocycles. The van der Waals surface area contributed by atoms with Crippen LogP contribution >= 0.6 is 11.3 Å². The molecule has 0 bridgehead atoms. The van der Waals surface area contributed by atoms with Crippen LogP contribution in [0.25, 0.3) is 10.2 Å². The highest BCUT2D eigenvalue weighted by Crippen LogP contribution is 2.40. The Morgan fingerprint density at radius 3 is 2.25 bits per heavy atom. The number of aliphatic hydroxyl groups is 1. The van der Waals surface area contributed by atoms with Gasteiger partial charge in [-0.05, 0) is 49.6 Å². The number of likely N-dealkylation sites (N-methyl/N-ethyl adjacent to an activating group) is 1. The summed E-state index contributed by atoms with van der Waals surface area (Å²) in [4.78, 5) is 83.5. The highest BCUT2D eigenvalue weighted by Gasteiger charge is 2.39. The number of nitrogens with zero attached hydrogens (tertiary/aromatic N) is 5. The predicted octanol–water partition coefficient (Wildman–Crippen LogP) is 2.92. The first-order valence-corrected chi connectivity index (χ1v) is 20.0. The number of aromatic nitrogens is 1. The Bertz CT molecular complexity index is 2030. The normalized spacial score (nSPS) is 15.7. The summed E-state index contributed by atoms with van der Waals surface area (Å²) in [6.45, 7) is 10.6. The minimum Gasteiger partial charge on any atom is -0.410 e. The molecular weight excluding hydrogens is 785 g/mol. The van der Waals surface area contributed by atoms with E-state index in [4.69, 9.17) is 18.9 Å². The van der Waals surface area contributed by atoms with Crippen LogP contribution in [0.4, 0.5) is 4.79 Å². The molecule has 0 radical (unpaired) electrons. The molecule has 1 aliphatic carbocycles. The van der Waals surface area contributed by atoms with Crippen LogP contribution in [0.3, 0.4) is 0 Å². The number of amides is 5. The van der Waals surface area contributed by atoms with Gasteiger partial charge in [0.2, 0.25) is 11.8 Å². The predicted molar refractivity (Wildman–Crippen MR) is 216 cm³/mol. The van der Waals surface area contributed by atoms with Gasteiger partial charge in [0.05, 0.1) is 56.0 Å². The number of thiazole rings is 1. The average Bonchev–Trinajstić information content (AvgIpc) is 3.76. The molecule has 0 saturated carbocycles. The lowest BCUT2D eigenvalue weighted by Gasteiger charge is -2.35. The van der Waals surface area contributed by atoms with Crippen molar-refractivity contribution in [3.63, 3.8) is 0 Å². The van der Waals surface area contributed by atoms with Gasteiger partial charge in [0.25, 0.3) is 11.8 Å². The summed E-state index contributed by atoms with van der Waals surface area (Å²) in [5.74, 6) is -1.24. The van der Waals surface area contributed by atoms with E-state index in [0.29, 0.717) is 32.5 Å². The second-order valence-electron chi connectivity index (χ2n) is 14.7. The number of rotatable bonds is 22. The zero-order chi connectivity index (χ0) is 43.3. The summed E-state index contributed by atoms with van der Waals surface area (Å²) >= 11 is 1.18. The maximum absolute atomic E-state index is 13.5. The van der Waals surface area contributed by atoms with Crippen LogP contribution in [-0.4, -0.2) is 146 Å². The molecule has 1 unspecified atom stereocenters. The Morgan fingerprint density at radius 1 is 0.949 bits per heavy atom.